The molecule has 6 nitrogen and oxygen atoms in total. The van der Waals surface area contributed by atoms with E-state index in [0.717, 1.165) is 37.1 Å². The van der Waals surface area contributed by atoms with E-state index in [4.69, 9.17) is 4.42 Å². The van der Waals surface area contributed by atoms with E-state index >= 15 is 0 Å². The fraction of sp³-hybridized carbons (Fsp3) is 0.500. The van der Waals surface area contributed by atoms with E-state index in [1.807, 2.05) is 30.3 Å². The smallest absolute Gasteiger partial charge is 0.209 e. The fourth-order valence-electron chi connectivity index (χ4n) is 3.30. The second-order valence-electron chi connectivity index (χ2n) is 6.56. The minimum absolute atomic E-state index is 0.357. The number of hydrogen-bond donors (Lipinski definition) is 1. The first-order valence-corrected chi connectivity index (χ1v) is 10.6. The molecule has 0 saturated carbocycles. The molecular weight excluding hydrogens is 338 g/mol. The van der Waals surface area contributed by atoms with Crippen molar-refractivity contribution in [2.24, 2.45) is 0 Å². The molecule has 7 heteroatoms. The molecule has 1 atom stereocenters. The molecule has 1 aliphatic rings. The third-order valence-corrected chi connectivity index (χ3v) is 5.27. The fourth-order valence-corrected chi connectivity index (χ4v) is 3.79. The molecule has 0 spiro atoms. The average Bonchev–Trinajstić information content (AvgIpc) is 3.05. The molecule has 2 aromatic rings. The highest BCUT2D eigenvalue weighted by Crippen LogP contribution is 2.24. The monoisotopic (exact) mass is 363 g/mol. The molecule has 0 radical (unpaired) electrons. The number of rotatable bonds is 7. The first kappa shape index (κ1) is 18.1. The Hall–Kier alpha value is -1.70. The van der Waals surface area contributed by atoms with Gasteiger partial charge in [-0.05, 0) is 25.8 Å². The highest BCUT2D eigenvalue weighted by molar-refractivity contribution is 7.88. The van der Waals surface area contributed by atoms with E-state index in [-0.39, 0.29) is 0 Å². The number of oxazole rings is 1. The van der Waals surface area contributed by atoms with Gasteiger partial charge in [-0.1, -0.05) is 36.8 Å². The topological polar surface area (TPSA) is 75.4 Å². The van der Waals surface area contributed by atoms with Crippen molar-refractivity contribution in [1.29, 1.82) is 0 Å². The summed E-state index contributed by atoms with van der Waals surface area (Å²) in [7, 11) is -3.13. The maximum absolute atomic E-state index is 11.2. The number of sulfonamides is 1. The number of hydrogen-bond acceptors (Lipinski definition) is 5. The third-order valence-electron chi connectivity index (χ3n) is 4.54. The summed E-state index contributed by atoms with van der Waals surface area (Å²) >= 11 is 0. The summed E-state index contributed by atoms with van der Waals surface area (Å²) in [6, 6.07) is 10.3. The van der Waals surface area contributed by atoms with Crippen molar-refractivity contribution < 1.29 is 12.8 Å². The molecule has 136 valence electrons. The molecule has 1 aliphatic heterocycles. The van der Waals surface area contributed by atoms with E-state index in [1.165, 1.54) is 12.7 Å². The maximum Gasteiger partial charge on any atom is 0.209 e. The lowest BCUT2D eigenvalue weighted by Gasteiger charge is -2.34. The predicted molar refractivity (Wildman–Crippen MR) is 97.5 cm³/mol. The van der Waals surface area contributed by atoms with Crippen LogP contribution >= 0.6 is 0 Å². The van der Waals surface area contributed by atoms with Crippen LogP contribution in [-0.4, -0.2) is 43.7 Å². The Morgan fingerprint density at radius 1 is 1.28 bits per heavy atom. The highest BCUT2D eigenvalue weighted by atomic mass is 32.2. The van der Waals surface area contributed by atoms with Gasteiger partial charge in [-0.3, -0.25) is 4.90 Å². The molecule has 1 saturated heterocycles. The molecule has 25 heavy (non-hydrogen) atoms. The first-order valence-electron chi connectivity index (χ1n) is 8.70. The molecule has 0 aliphatic carbocycles. The zero-order valence-corrected chi connectivity index (χ0v) is 15.3. The molecule has 1 fully saturated rings. The molecular formula is C18H25N3O3S. The lowest BCUT2D eigenvalue weighted by atomic mass is 9.99. The van der Waals surface area contributed by atoms with Gasteiger partial charge < -0.3 is 4.42 Å². The minimum Gasteiger partial charge on any atom is -0.439 e. The number of likely N-dealkylation sites (tertiary alicyclic amines) is 1. The Bertz CT molecular complexity index is 774. The number of benzene rings is 1. The van der Waals surface area contributed by atoms with Crippen LogP contribution in [0, 0.1) is 0 Å². The summed E-state index contributed by atoms with van der Waals surface area (Å²) in [5.74, 6) is 1.49. The van der Waals surface area contributed by atoms with Crippen molar-refractivity contribution in [3.05, 3.63) is 42.4 Å². The zero-order chi connectivity index (χ0) is 17.7. The number of nitrogens with one attached hydrogen (secondary N) is 1. The van der Waals surface area contributed by atoms with Crippen molar-refractivity contribution in [2.45, 2.75) is 38.3 Å². The maximum atomic E-state index is 11.2. The minimum atomic E-state index is -3.13. The Labute approximate surface area is 149 Å². The first-order chi connectivity index (χ1) is 12.0. The second-order valence-corrected chi connectivity index (χ2v) is 8.39. The molecule has 0 amide bonds. The number of piperidine rings is 1. The van der Waals surface area contributed by atoms with Crippen LogP contribution in [0.25, 0.3) is 11.3 Å². The SMILES string of the molecule is CS(=O)(=O)NCC[C@@H]1CCCCN1Cc1ncc(-c2ccccc2)o1. The van der Waals surface area contributed by atoms with Crippen LogP contribution in [0.2, 0.25) is 0 Å². The molecule has 1 aromatic heterocycles. The van der Waals surface area contributed by atoms with Crippen molar-refractivity contribution >= 4 is 10.0 Å². The average molecular weight is 363 g/mol. The van der Waals surface area contributed by atoms with Gasteiger partial charge in [-0.2, -0.15) is 0 Å². The Morgan fingerprint density at radius 3 is 2.84 bits per heavy atom. The van der Waals surface area contributed by atoms with Gasteiger partial charge in [-0.25, -0.2) is 18.1 Å². The molecule has 0 unspecified atom stereocenters. The van der Waals surface area contributed by atoms with Gasteiger partial charge in [0.15, 0.2) is 5.76 Å². The zero-order valence-electron chi connectivity index (χ0n) is 14.5. The van der Waals surface area contributed by atoms with Crippen LogP contribution in [0.15, 0.2) is 40.9 Å². The van der Waals surface area contributed by atoms with E-state index in [0.29, 0.717) is 25.0 Å². The van der Waals surface area contributed by atoms with Crippen molar-refractivity contribution in [3.8, 4) is 11.3 Å². The number of aromatic nitrogens is 1. The van der Waals surface area contributed by atoms with Gasteiger partial charge in [0.2, 0.25) is 15.9 Å². The van der Waals surface area contributed by atoms with Crippen LogP contribution < -0.4 is 4.72 Å². The summed E-state index contributed by atoms with van der Waals surface area (Å²) in [5, 5.41) is 0. The van der Waals surface area contributed by atoms with Crippen LogP contribution in [0.5, 0.6) is 0 Å². The van der Waals surface area contributed by atoms with Crippen LogP contribution in [0.1, 0.15) is 31.6 Å². The predicted octanol–water partition coefficient (Wildman–Crippen LogP) is 2.64. The van der Waals surface area contributed by atoms with Crippen LogP contribution in [0.3, 0.4) is 0 Å². The third kappa shape index (κ3) is 5.39. The summed E-state index contributed by atoms with van der Waals surface area (Å²) in [6.07, 6.45) is 7.19. The second kappa shape index (κ2) is 8.12. The van der Waals surface area contributed by atoms with Gasteiger partial charge in [0, 0.05) is 18.2 Å². The molecule has 0 bridgehead atoms. The molecule has 2 heterocycles. The van der Waals surface area contributed by atoms with Gasteiger partial charge in [0.1, 0.15) is 0 Å². The largest absolute Gasteiger partial charge is 0.439 e. The van der Waals surface area contributed by atoms with Crippen molar-refractivity contribution in [1.82, 2.24) is 14.6 Å². The van der Waals surface area contributed by atoms with Gasteiger partial charge in [0.05, 0.1) is 19.0 Å². The van der Waals surface area contributed by atoms with Gasteiger partial charge >= 0.3 is 0 Å². The Balaban J connectivity index is 1.61. The van der Waals surface area contributed by atoms with E-state index in [1.54, 1.807) is 6.20 Å². The molecule has 1 N–H and O–H groups in total. The Kier molecular flexibility index (Phi) is 5.88. The summed E-state index contributed by atoms with van der Waals surface area (Å²) in [4.78, 5) is 6.78. The lowest BCUT2D eigenvalue weighted by Crippen LogP contribution is -2.41. The van der Waals surface area contributed by atoms with E-state index in [2.05, 4.69) is 14.6 Å². The van der Waals surface area contributed by atoms with Crippen molar-refractivity contribution in [3.63, 3.8) is 0 Å². The normalized spacial score (nSPS) is 19.2. The summed E-state index contributed by atoms with van der Waals surface area (Å²) in [6.45, 7) is 2.13. The molecule has 1 aromatic carbocycles. The lowest BCUT2D eigenvalue weighted by molar-refractivity contribution is 0.122. The number of nitrogens with zero attached hydrogens (tertiary/aromatic N) is 2. The van der Waals surface area contributed by atoms with Crippen LogP contribution in [0.4, 0.5) is 0 Å². The van der Waals surface area contributed by atoms with Gasteiger partial charge in [0.25, 0.3) is 0 Å². The summed E-state index contributed by atoms with van der Waals surface area (Å²) < 4.78 is 31.0. The Morgan fingerprint density at radius 2 is 2.08 bits per heavy atom. The quantitative estimate of drug-likeness (QED) is 0.818. The highest BCUT2D eigenvalue weighted by Gasteiger charge is 2.24. The van der Waals surface area contributed by atoms with Crippen molar-refractivity contribution in [2.75, 3.05) is 19.3 Å². The summed E-state index contributed by atoms with van der Waals surface area (Å²) in [5.41, 5.74) is 1.02. The van der Waals surface area contributed by atoms with Crippen LogP contribution in [-0.2, 0) is 16.6 Å². The van der Waals surface area contributed by atoms with E-state index in [9.17, 15) is 8.42 Å². The molecule has 3 rings (SSSR count). The van der Waals surface area contributed by atoms with Gasteiger partial charge in [-0.15, -0.1) is 0 Å². The standard InChI is InChI=1S/C18H25N3O3S/c1-25(22,23)20-11-10-16-9-5-6-12-21(16)14-18-19-13-17(24-18)15-7-3-2-4-8-15/h2-4,7-8,13,16,20H,5-6,9-12,14H2,1H3/t16-/m0/s1. The van der Waals surface area contributed by atoms with E-state index < -0.39 is 10.0 Å².